The van der Waals surface area contributed by atoms with E-state index in [0.29, 0.717) is 0 Å². The first-order valence-corrected chi connectivity index (χ1v) is 5.92. The summed E-state index contributed by atoms with van der Waals surface area (Å²) in [6, 6.07) is 0. The third kappa shape index (κ3) is 2.64. The highest BCUT2D eigenvalue weighted by molar-refractivity contribution is 8.13. The van der Waals surface area contributed by atoms with Gasteiger partial charge >= 0.3 is 0 Å². The molecule has 14 heavy (non-hydrogen) atoms. The highest BCUT2D eigenvalue weighted by Gasteiger charge is 2.19. The van der Waals surface area contributed by atoms with Crippen LogP contribution in [0.1, 0.15) is 6.92 Å². The highest BCUT2D eigenvalue weighted by atomic mass is 32.2. The number of hydrogen-bond acceptors (Lipinski definition) is 3. The molecular weight excluding hydrogens is 198 g/mol. The Hall–Kier alpha value is -0.710. The van der Waals surface area contributed by atoms with Crippen molar-refractivity contribution in [2.45, 2.75) is 6.92 Å². The SMILES string of the molecule is CN=C(SC)N1CCN(C(C)=O)CC1. The van der Waals surface area contributed by atoms with Crippen LogP contribution in [0.5, 0.6) is 0 Å². The Morgan fingerprint density at radius 2 is 1.71 bits per heavy atom. The molecule has 0 aromatic heterocycles. The smallest absolute Gasteiger partial charge is 0.219 e. The summed E-state index contributed by atoms with van der Waals surface area (Å²) in [5.41, 5.74) is 0. The number of amidine groups is 1. The molecule has 1 fully saturated rings. The molecule has 0 saturated carbocycles. The van der Waals surface area contributed by atoms with E-state index in [1.165, 1.54) is 0 Å². The zero-order chi connectivity index (χ0) is 10.6. The minimum absolute atomic E-state index is 0.170. The van der Waals surface area contributed by atoms with Gasteiger partial charge in [-0.1, -0.05) is 11.8 Å². The lowest BCUT2D eigenvalue weighted by molar-refractivity contribution is -0.130. The first kappa shape index (κ1) is 11.4. The fourth-order valence-corrected chi connectivity index (χ4v) is 2.20. The summed E-state index contributed by atoms with van der Waals surface area (Å²) in [5.74, 6) is 0.170. The number of amides is 1. The first-order chi connectivity index (χ1) is 6.69. The summed E-state index contributed by atoms with van der Waals surface area (Å²) < 4.78 is 0. The van der Waals surface area contributed by atoms with Crippen LogP contribution in [-0.2, 0) is 4.79 Å². The van der Waals surface area contributed by atoms with Crippen LogP contribution in [0.25, 0.3) is 0 Å². The van der Waals surface area contributed by atoms with E-state index in [4.69, 9.17) is 0 Å². The van der Waals surface area contributed by atoms with Gasteiger partial charge in [-0.25, -0.2) is 0 Å². The van der Waals surface area contributed by atoms with Crippen molar-refractivity contribution in [2.24, 2.45) is 4.99 Å². The average Bonchev–Trinajstić information content (AvgIpc) is 2.20. The molecule has 1 saturated heterocycles. The van der Waals surface area contributed by atoms with Crippen LogP contribution in [0, 0.1) is 0 Å². The Morgan fingerprint density at radius 1 is 1.21 bits per heavy atom. The lowest BCUT2D eigenvalue weighted by atomic mass is 10.3. The van der Waals surface area contributed by atoms with E-state index in [9.17, 15) is 4.79 Å². The summed E-state index contributed by atoms with van der Waals surface area (Å²) in [7, 11) is 1.81. The van der Waals surface area contributed by atoms with Crippen LogP contribution < -0.4 is 0 Å². The number of nitrogens with zero attached hydrogens (tertiary/aromatic N) is 3. The lowest BCUT2D eigenvalue weighted by Gasteiger charge is -2.35. The van der Waals surface area contributed by atoms with E-state index in [1.807, 2.05) is 18.2 Å². The van der Waals surface area contributed by atoms with Gasteiger partial charge in [0.05, 0.1) is 0 Å². The van der Waals surface area contributed by atoms with Crippen molar-refractivity contribution in [2.75, 3.05) is 39.5 Å². The normalized spacial score (nSPS) is 18.6. The van der Waals surface area contributed by atoms with Gasteiger partial charge in [-0.05, 0) is 6.26 Å². The molecule has 1 amide bonds. The fraction of sp³-hybridized carbons (Fsp3) is 0.778. The molecule has 0 N–H and O–H groups in total. The molecule has 0 spiro atoms. The Bertz CT molecular complexity index is 234. The molecule has 1 aliphatic heterocycles. The van der Waals surface area contributed by atoms with Gasteiger partial charge in [0.1, 0.15) is 0 Å². The maximum absolute atomic E-state index is 11.1. The molecule has 0 unspecified atom stereocenters. The Morgan fingerprint density at radius 3 is 2.07 bits per heavy atom. The predicted octanol–water partition coefficient (Wildman–Crippen LogP) is 0.499. The number of carbonyl (C=O) groups excluding carboxylic acids is 1. The second-order valence-electron chi connectivity index (χ2n) is 3.20. The molecular formula is C9H17N3OS. The van der Waals surface area contributed by atoms with Crippen molar-refractivity contribution in [3.8, 4) is 0 Å². The molecule has 0 aromatic carbocycles. The summed E-state index contributed by atoms with van der Waals surface area (Å²) in [4.78, 5) is 19.4. The Labute approximate surface area is 89.4 Å². The standard InChI is InChI=1S/C9H17N3OS/c1-8(13)11-4-6-12(7-5-11)9(10-2)14-3/h4-7H2,1-3H3. The number of piperazine rings is 1. The van der Waals surface area contributed by atoms with Crippen molar-refractivity contribution < 1.29 is 4.79 Å². The second-order valence-corrected chi connectivity index (χ2v) is 3.98. The van der Waals surface area contributed by atoms with Crippen LogP contribution >= 0.6 is 11.8 Å². The third-order valence-corrected chi connectivity index (χ3v) is 3.18. The van der Waals surface area contributed by atoms with Crippen molar-refractivity contribution in [1.82, 2.24) is 9.80 Å². The maximum atomic E-state index is 11.1. The molecule has 0 aromatic rings. The zero-order valence-electron chi connectivity index (χ0n) is 8.99. The molecule has 4 nitrogen and oxygen atoms in total. The first-order valence-electron chi connectivity index (χ1n) is 4.70. The number of rotatable bonds is 0. The van der Waals surface area contributed by atoms with E-state index in [2.05, 4.69) is 9.89 Å². The summed E-state index contributed by atoms with van der Waals surface area (Å²) in [6.45, 7) is 5.04. The second kappa shape index (κ2) is 5.24. The topological polar surface area (TPSA) is 35.9 Å². The maximum Gasteiger partial charge on any atom is 0.219 e. The van der Waals surface area contributed by atoms with Crippen molar-refractivity contribution >= 4 is 22.8 Å². The number of thioether (sulfide) groups is 1. The van der Waals surface area contributed by atoms with E-state index in [-0.39, 0.29) is 5.91 Å². The molecule has 0 bridgehead atoms. The van der Waals surface area contributed by atoms with Gasteiger partial charge in [-0.15, -0.1) is 0 Å². The van der Waals surface area contributed by atoms with E-state index >= 15 is 0 Å². The largest absolute Gasteiger partial charge is 0.348 e. The van der Waals surface area contributed by atoms with Gasteiger partial charge in [-0.2, -0.15) is 0 Å². The third-order valence-electron chi connectivity index (χ3n) is 2.37. The summed E-state index contributed by atoms with van der Waals surface area (Å²) >= 11 is 1.66. The van der Waals surface area contributed by atoms with Crippen LogP contribution in [0.3, 0.4) is 0 Å². The summed E-state index contributed by atoms with van der Waals surface area (Å²) in [5, 5.41) is 1.06. The minimum atomic E-state index is 0.170. The van der Waals surface area contributed by atoms with Crippen molar-refractivity contribution in [3.63, 3.8) is 0 Å². The number of hydrogen-bond donors (Lipinski definition) is 0. The Kier molecular flexibility index (Phi) is 4.25. The molecule has 0 radical (unpaired) electrons. The molecule has 0 atom stereocenters. The molecule has 80 valence electrons. The molecule has 1 aliphatic rings. The van der Waals surface area contributed by atoms with Crippen LogP contribution in [0.2, 0.25) is 0 Å². The van der Waals surface area contributed by atoms with Gasteiger partial charge in [0.2, 0.25) is 5.91 Å². The minimum Gasteiger partial charge on any atom is -0.348 e. The summed E-state index contributed by atoms with van der Waals surface area (Å²) in [6.07, 6.45) is 2.03. The van der Waals surface area contributed by atoms with E-state index in [1.54, 1.807) is 18.7 Å². The van der Waals surface area contributed by atoms with Gasteiger partial charge in [0.25, 0.3) is 0 Å². The van der Waals surface area contributed by atoms with Gasteiger partial charge in [-0.3, -0.25) is 9.79 Å². The van der Waals surface area contributed by atoms with Gasteiger partial charge in [0.15, 0.2) is 5.17 Å². The van der Waals surface area contributed by atoms with Gasteiger partial charge < -0.3 is 9.80 Å². The van der Waals surface area contributed by atoms with E-state index in [0.717, 1.165) is 31.3 Å². The molecule has 5 heteroatoms. The van der Waals surface area contributed by atoms with Gasteiger partial charge in [0, 0.05) is 40.2 Å². The van der Waals surface area contributed by atoms with Crippen LogP contribution in [0.4, 0.5) is 0 Å². The molecule has 1 rings (SSSR count). The van der Waals surface area contributed by atoms with Crippen LogP contribution in [-0.4, -0.2) is 60.4 Å². The Balaban J connectivity index is 2.46. The lowest BCUT2D eigenvalue weighted by Crippen LogP contribution is -2.49. The highest BCUT2D eigenvalue weighted by Crippen LogP contribution is 2.09. The van der Waals surface area contributed by atoms with Crippen LogP contribution in [0.15, 0.2) is 4.99 Å². The number of aliphatic imine (C=N–C) groups is 1. The monoisotopic (exact) mass is 215 g/mol. The molecule has 1 heterocycles. The van der Waals surface area contributed by atoms with Crippen molar-refractivity contribution in [1.29, 1.82) is 0 Å². The quantitative estimate of drug-likeness (QED) is 0.436. The average molecular weight is 215 g/mol. The fourth-order valence-electron chi connectivity index (χ4n) is 1.57. The predicted molar refractivity (Wildman–Crippen MR) is 60.7 cm³/mol. The molecule has 0 aliphatic carbocycles. The number of carbonyl (C=O) groups is 1. The zero-order valence-corrected chi connectivity index (χ0v) is 9.80. The van der Waals surface area contributed by atoms with Crippen molar-refractivity contribution in [3.05, 3.63) is 0 Å². The van der Waals surface area contributed by atoms with E-state index < -0.39 is 0 Å².